The van der Waals surface area contributed by atoms with Crippen LogP contribution in [0.3, 0.4) is 0 Å². The van der Waals surface area contributed by atoms with Gasteiger partial charge in [-0.2, -0.15) is 0 Å². The van der Waals surface area contributed by atoms with Crippen LogP contribution in [-0.2, 0) is 13.1 Å². The SMILES string of the molecule is COc1ccc(CNC(=S)N(C)Cc2cccc(OC)c2OC)cc1. The first kappa shape index (κ1) is 18.9. The minimum absolute atomic E-state index is 0.620. The van der Waals surface area contributed by atoms with E-state index in [9.17, 15) is 0 Å². The van der Waals surface area contributed by atoms with E-state index in [1.165, 1.54) is 0 Å². The predicted octanol–water partition coefficient (Wildman–Crippen LogP) is 3.22. The first-order valence-corrected chi connectivity index (χ1v) is 8.31. The van der Waals surface area contributed by atoms with E-state index in [0.29, 0.717) is 24.0 Å². The van der Waals surface area contributed by atoms with Crippen LogP contribution in [-0.4, -0.2) is 38.4 Å². The highest BCUT2D eigenvalue weighted by atomic mass is 32.1. The van der Waals surface area contributed by atoms with Crippen molar-refractivity contribution in [3.63, 3.8) is 0 Å². The Kier molecular flexibility index (Phi) is 6.89. The van der Waals surface area contributed by atoms with E-state index in [1.807, 2.05) is 54.4 Å². The van der Waals surface area contributed by atoms with Crippen molar-refractivity contribution in [3.05, 3.63) is 53.6 Å². The van der Waals surface area contributed by atoms with Crippen LogP contribution in [0, 0.1) is 0 Å². The van der Waals surface area contributed by atoms with E-state index in [-0.39, 0.29) is 0 Å². The molecule has 0 atom stereocenters. The maximum Gasteiger partial charge on any atom is 0.169 e. The lowest BCUT2D eigenvalue weighted by Gasteiger charge is -2.23. The third kappa shape index (κ3) is 5.00. The van der Waals surface area contributed by atoms with E-state index >= 15 is 0 Å². The maximum absolute atomic E-state index is 5.48. The molecule has 0 heterocycles. The number of nitrogens with one attached hydrogen (secondary N) is 1. The molecule has 134 valence electrons. The first-order valence-electron chi connectivity index (χ1n) is 7.90. The van der Waals surface area contributed by atoms with Crippen molar-refractivity contribution in [1.82, 2.24) is 10.2 Å². The Morgan fingerprint density at radius 1 is 1.00 bits per heavy atom. The van der Waals surface area contributed by atoms with E-state index in [2.05, 4.69) is 5.32 Å². The third-order valence-corrected chi connectivity index (χ3v) is 4.30. The smallest absolute Gasteiger partial charge is 0.169 e. The first-order chi connectivity index (χ1) is 12.1. The minimum Gasteiger partial charge on any atom is -0.497 e. The summed E-state index contributed by atoms with van der Waals surface area (Å²) in [6.45, 7) is 1.28. The molecule has 0 saturated heterocycles. The molecule has 0 aromatic heterocycles. The Balaban J connectivity index is 1.96. The van der Waals surface area contributed by atoms with Crippen molar-refractivity contribution < 1.29 is 14.2 Å². The topological polar surface area (TPSA) is 43.0 Å². The summed E-state index contributed by atoms with van der Waals surface area (Å²) in [6.07, 6.45) is 0. The fourth-order valence-electron chi connectivity index (χ4n) is 2.46. The van der Waals surface area contributed by atoms with Crippen LogP contribution in [0.15, 0.2) is 42.5 Å². The van der Waals surface area contributed by atoms with Crippen LogP contribution in [0.4, 0.5) is 0 Å². The van der Waals surface area contributed by atoms with Crippen LogP contribution in [0.25, 0.3) is 0 Å². The zero-order chi connectivity index (χ0) is 18.2. The van der Waals surface area contributed by atoms with Crippen LogP contribution >= 0.6 is 12.2 Å². The van der Waals surface area contributed by atoms with Crippen LogP contribution in [0.5, 0.6) is 17.2 Å². The number of hydrogen-bond acceptors (Lipinski definition) is 4. The zero-order valence-corrected chi connectivity index (χ0v) is 15.9. The van der Waals surface area contributed by atoms with Crippen molar-refractivity contribution in [2.75, 3.05) is 28.4 Å². The van der Waals surface area contributed by atoms with Crippen molar-refractivity contribution in [1.29, 1.82) is 0 Å². The molecule has 6 heteroatoms. The Labute approximate surface area is 154 Å². The molecule has 0 saturated carbocycles. The van der Waals surface area contributed by atoms with Gasteiger partial charge in [0.05, 0.1) is 21.3 Å². The second kappa shape index (κ2) is 9.13. The van der Waals surface area contributed by atoms with E-state index in [0.717, 1.165) is 22.6 Å². The van der Waals surface area contributed by atoms with E-state index in [1.54, 1.807) is 21.3 Å². The van der Waals surface area contributed by atoms with Crippen molar-refractivity contribution >= 4 is 17.3 Å². The average molecular weight is 360 g/mol. The molecule has 2 rings (SSSR count). The van der Waals surface area contributed by atoms with Gasteiger partial charge in [0.15, 0.2) is 16.6 Å². The van der Waals surface area contributed by atoms with Crippen LogP contribution in [0.1, 0.15) is 11.1 Å². The molecule has 0 amide bonds. The van der Waals surface area contributed by atoms with E-state index < -0.39 is 0 Å². The largest absolute Gasteiger partial charge is 0.497 e. The number of nitrogens with zero attached hydrogens (tertiary/aromatic N) is 1. The number of hydrogen-bond donors (Lipinski definition) is 1. The van der Waals surface area contributed by atoms with Gasteiger partial charge in [-0.1, -0.05) is 24.3 Å². The molecule has 0 bridgehead atoms. The van der Waals surface area contributed by atoms with Gasteiger partial charge in [0.1, 0.15) is 5.75 Å². The summed E-state index contributed by atoms with van der Waals surface area (Å²) in [5.41, 5.74) is 2.15. The number of para-hydroxylation sites is 1. The summed E-state index contributed by atoms with van der Waals surface area (Å²) in [7, 11) is 6.88. The standard InChI is InChI=1S/C19H24N2O3S/c1-21(13-15-6-5-7-17(23-3)18(15)24-4)19(25)20-12-14-8-10-16(22-2)11-9-14/h5-11H,12-13H2,1-4H3,(H,20,25). The molecule has 0 aliphatic heterocycles. The maximum atomic E-state index is 5.48. The number of benzene rings is 2. The predicted molar refractivity (Wildman–Crippen MR) is 103 cm³/mol. The molecule has 0 radical (unpaired) electrons. The van der Waals surface area contributed by atoms with Gasteiger partial charge in [-0.05, 0) is 36.0 Å². The molecular formula is C19H24N2O3S. The highest BCUT2D eigenvalue weighted by Crippen LogP contribution is 2.31. The van der Waals surface area contributed by atoms with Gasteiger partial charge >= 0.3 is 0 Å². The van der Waals surface area contributed by atoms with Gasteiger partial charge < -0.3 is 24.4 Å². The average Bonchev–Trinajstić information content (AvgIpc) is 2.66. The fraction of sp³-hybridized carbons (Fsp3) is 0.316. The van der Waals surface area contributed by atoms with Gasteiger partial charge in [0.2, 0.25) is 0 Å². The van der Waals surface area contributed by atoms with Gasteiger partial charge in [-0.15, -0.1) is 0 Å². The van der Waals surface area contributed by atoms with Gasteiger partial charge in [0.25, 0.3) is 0 Å². The highest BCUT2D eigenvalue weighted by Gasteiger charge is 2.13. The highest BCUT2D eigenvalue weighted by molar-refractivity contribution is 7.80. The van der Waals surface area contributed by atoms with Gasteiger partial charge in [0, 0.05) is 25.7 Å². The molecule has 25 heavy (non-hydrogen) atoms. The third-order valence-electron chi connectivity index (χ3n) is 3.84. The number of ether oxygens (including phenoxy) is 3. The fourth-order valence-corrected chi connectivity index (χ4v) is 2.60. The lowest BCUT2D eigenvalue weighted by Crippen LogP contribution is -2.36. The summed E-state index contributed by atoms with van der Waals surface area (Å²) < 4.78 is 16.0. The summed E-state index contributed by atoms with van der Waals surface area (Å²) in [5, 5.41) is 3.93. The van der Waals surface area contributed by atoms with Crippen molar-refractivity contribution in [3.8, 4) is 17.2 Å². The molecule has 0 unspecified atom stereocenters. The Morgan fingerprint density at radius 2 is 1.72 bits per heavy atom. The summed E-state index contributed by atoms with van der Waals surface area (Å²) in [5.74, 6) is 2.29. The van der Waals surface area contributed by atoms with Crippen LogP contribution < -0.4 is 19.5 Å². The Morgan fingerprint density at radius 3 is 2.32 bits per heavy atom. The molecule has 0 fully saturated rings. The molecule has 2 aromatic carbocycles. The molecule has 0 aliphatic rings. The van der Waals surface area contributed by atoms with Gasteiger partial charge in [-0.25, -0.2) is 0 Å². The molecule has 5 nitrogen and oxygen atoms in total. The molecule has 1 N–H and O–H groups in total. The van der Waals surface area contributed by atoms with Crippen LogP contribution in [0.2, 0.25) is 0 Å². The number of methoxy groups -OCH3 is 3. The number of thiocarbonyl (C=S) groups is 1. The molecule has 0 aliphatic carbocycles. The quantitative estimate of drug-likeness (QED) is 0.765. The second-order valence-corrected chi connectivity index (χ2v) is 5.90. The summed E-state index contributed by atoms with van der Waals surface area (Å²) in [4.78, 5) is 1.97. The summed E-state index contributed by atoms with van der Waals surface area (Å²) >= 11 is 5.48. The second-order valence-electron chi connectivity index (χ2n) is 5.52. The molecule has 0 spiro atoms. The summed E-state index contributed by atoms with van der Waals surface area (Å²) in [6, 6.07) is 13.7. The normalized spacial score (nSPS) is 10.1. The zero-order valence-electron chi connectivity index (χ0n) is 15.0. The minimum atomic E-state index is 0.620. The Bertz CT molecular complexity index is 704. The lowest BCUT2D eigenvalue weighted by atomic mass is 10.1. The molecule has 2 aromatic rings. The van der Waals surface area contributed by atoms with Crippen molar-refractivity contribution in [2.45, 2.75) is 13.1 Å². The lowest BCUT2D eigenvalue weighted by molar-refractivity contribution is 0.346. The van der Waals surface area contributed by atoms with E-state index in [4.69, 9.17) is 26.4 Å². The number of rotatable bonds is 7. The monoisotopic (exact) mass is 360 g/mol. The molecular weight excluding hydrogens is 336 g/mol. The van der Waals surface area contributed by atoms with Gasteiger partial charge in [-0.3, -0.25) is 0 Å². The van der Waals surface area contributed by atoms with Crippen molar-refractivity contribution in [2.24, 2.45) is 0 Å². The Hall–Kier alpha value is -2.47.